The summed E-state index contributed by atoms with van der Waals surface area (Å²) < 4.78 is 103. The Morgan fingerprint density at radius 2 is 1.94 bits per heavy atom. The van der Waals surface area contributed by atoms with E-state index in [9.17, 15) is 35.5 Å². The molecule has 0 radical (unpaired) electrons. The van der Waals surface area contributed by atoms with Crippen LogP contribution >= 0.6 is 0 Å². The number of halogens is 7. The van der Waals surface area contributed by atoms with Crippen LogP contribution in [0.1, 0.15) is 50.1 Å². The number of alkyl halides is 5. The zero-order valence-corrected chi connectivity index (χ0v) is 20.3. The fourth-order valence-corrected chi connectivity index (χ4v) is 4.39. The van der Waals surface area contributed by atoms with Gasteiger partial charge in [-0.25, -0.2) is 13.5 Å². The van der Waals surface area contributed by atoms with Crippen molar-refractivity contribution < 1.29 is 40.3 Å². The number of ether oxygens (including phenoxy) is 1. The van der Waals surface area contributed by atoms with Gasteiger partial charge >= 0.3 is 12.7 Å². The standard InChI is InChI=1S/C23H27F7N4O2/c1-6-33(5)9-14-13(7-8-15(24)18(14)25)17-11(2)22(4,23(28,29)30)36-19(17)20(35)31-16-10-34(21(26)27)32-12(16)3/h7-8,10-11,17,19,21H,6,9H2,1-5H3,(H,31,35)/t11-,17-,19+,22+/m0/s1. The Balaban J connectivity index is 2.11. The average Bonchev–Trinajstić information content (AvgIpc) is 3.29. The number of carbonyl (C=O) groups is 1. The molecule has 0 unspecified atom stereocenters. The second kappa shape index (κ2) is 10.0. The molecule has 1 aromatic carbocycles. The van der Waals surface area contributed by atoms with Gasteiger partial charge in [0.15, 0.2) is 17.2 Å². The Labute approximate surface area is 203 Å². The predicted molar refractivity (Wildman–Crippen MR) is 116 cm³/mol. The largest absolute Gasteiger partial charge is 0.417 e. The van der Waals surface area contributed by atoms with E-state index in [4.69, 9.17) is 4.74 Å². The van der Waals surface area contributed by atoms with E-state index < -0.39 is 53.8 Å². The minimum atomic E-state index is -4.91. The van der Waals surface area contributed by atoms with E-state index in [-0.39, 0.29) is 33.7 Å². The third kappa shape index (κ3) is 4.95. The Hall–Kier alpha value is -2.67. The van der Waals surface area contributed by atoms with Gasteiger partial charge in [0.25, 0.3) is 5.91 Å². The first-order valence-corrected chi connectivity index (χ1v) is 11.2. The normalized spacial score (nSPS) is 24.7. The molecule has 0 saturated carbocycles. The molecule has 2 aromatic rings. The molecular formula is C23H27F7N4O2. The number of rotatable bonds is 7. The van der Waals surface area contributed by atoms with Crippen molar-refractivity contribution in [3.63, 3.8) is 0 Å². The number of nitrogens with zero attached hydrogens (tertiary/aromatic N) is 3. The van der Waals surface area contributed by atoms with Gasteiger partial charge in [0.1, 0.15) is 6.10 Å². The van der Waals surface area contributed by atoms with E-state index >= 15 is 0 Å². The number of hydrogen-bond donors (Lipinski definition) is 1. The summed E-state index contributed by atoms with van der Waals surface area (Å²) >= 11 is 0. The summed E-state index contributed by atoms with van der Waals surface area (Å²) in [5.41, 5.74) is -3.14. The van der Waals surface area contributed by atoms with E-state index in [1.165, 1.54) is 13.8 Å². The van der Waals surface area contributed by atoms with E-state index in [0.717, 1.165) is 25.3 Å². The highest BCUT2D eigenvalue weighted by atomic mass is 19.4. The van der Waals surface area contributed by atoms with Crippen LogP contribution in [0.5, 0.6) is 0 Å². The summed E-state index contributed by atoms with van der Waals surface area (Å²) in [6.45, 7) is 2.41. The van der Waals surface area contributed by atoms with E-state index in [1.54, 1.807) is 18.9 Å². The van der Waals surface area contributed by atoms with Gasteiger partial charge in [-0.2, -0.15) is 27.1 Å². The number of anilines is 1. The maximum absolute atomic E-state index is 14.9. The maximum Gasteiger partial charge on any atom is 0.417 e. The molecule has 1 aromatic heterocycles. The second-order valence-electron chi connectivity index (χ2n) is 9.09. The second-order valence-corrected chi connectivity index (χ2v) is 9.09. The summed E-state index contributed by atoms with van der Waals surface area (Å²) in [6, 6.07) is 1.95. The number of aryl methyl sites for hydroxylation is 1. The van der Waals surface area contributed by atoms with E-state index in [2.05, 4.69) is 10.4 Å². The van der Waals surface area contributed by atoms with Crippen molar-refractivity contribution >= 4 is 11.6 Å². The molecule has 36 heavy (non-hydrogen) atoms. The molecule has 1 aliphatic rings. The van der Waals surface area contributed by atoms with Gasteiger partial charge in [-0.1, -0.05) is 19.9 Å². The van der Waals surface area contributed by atoms with Crippen LogP contribution in [0.2, 0.25) is 0 Å². The molecule has 1 N–H and O–H groups in total. The summed E-state index contributed by atoms with van der Waals surface area (Å²) in [4.78, 5) is 14.9. The summed E-state index contributed by atoms with van der Waals surface area (Å²) in [7, 11) is 1.62. The van der Waals surface area contributed by atoms with Crippen molar-refractivity contribution in [2.45, 2.75) is 64.6 Å². The lowest BCUT2D eigenvalue weighted by atomic mass is 9.75. The first-order chi connectivity index (χ1) is 16.6. The van der Waals surface area contributed by atoms with Gasteiger partial charge < -0.3 is 15.0 Å². The first kappa shape index (κ1) is 27.9. The molecule has 13 heteroatoms. The van der Waals surface area contributed by atoms with Crippen LogP contribution in [0, 0.1) is 24.5 Å². The molecule has 0 bridgehead atoms. The zero-order chi connectivity index (χ0) is 27.2. The Bertz CT molecular complexity index is 1120. The van der Waals surface area contributed by atoms with Crippen LogP contribution in [-0.4, -0.2) is 52.1 Å². The highest BCUT2D eigenvalue weighted by Crippen LogP contribution is 2.54. The van der Waals surface area contributed by atoms with Gasteiger partial charge in [-0.05, 0) is 39.1 Å². The fraction of sp³-hybridized carbons (Fsp3) is 0.565. The molecule has 0 spiro atoms. The zero-order valence-electron chi connectivity index (χ0n) is 20.3. The Morgan fingerprint density at radius 1 is 1.31 bits per heavy atom. The topological polar surface area (TPSA) is 59.4 Å². The lowest BCUT2D eigenvalue weighted by Gasteiger charge is -2.32. The predicted octanol–water partition coefficient (Wildman–Crippen LogP) is 5.39. The SMILES string of the molecule is CCN(C)Cc1c([C@H]2[C@H](C(=O)Nc3cn(C(F)F)nc3C)O[C@@](C)(C(F)(F)F)[C@H]2C)ccc(F)c1F. The van der Waals surface area contributed by atoms with Crippen molar-refractivity contribution in [3.05, 3.63) is 46.8 Å². The van der Waals surface area contributed by atoms with Crippen molar-refractivity contribution in [1.29, 1.82) is 0 Å². The van der Waals surface area contributed by atoms with E-state index in [0.29, 0.717) is 6.54 Å². The molecule has 1 aliphatic heterocycles. The van der Waals surface area contributed by atoms with Crippen molar-refractivity contribution in [1.82, 2.24) is 14.7 Å². The van der Waals surface area contributed by atoms with Gasteiger partial charge in [-0.3, -0.25) is 4.79 Å². The van der Waals surface area contributed by atoms with Crippen molar-refractivity contribution in [2.24, 2.45) is 5.92 Å². The number of nitrogens with one attached hydrogen (secondary N) is 1. The maximum atomic E-state index is 14.9. The highest BCUT2D eigenvalue weighted by Gasteiger charge is 2.65. The van der Waals surface area contributed by atoms with Crippen LogP contribution < -0.4 is 5.32 Å². The Kier molecular flexibility index (Phi) is 7.75. The summed E-state index contributed by atoms with van der Waals surface area (Å²) in [6.07, 6.45) is -5.86. The Morgan fingerprint density at radius 3 is 2.47 bits per heavy atom. The number of aromatic nitrogens is 2. The first-order valence-electron chi connectivity index (χ1n) is 11.2. The number of benzene rings is 1. The minimum Gasteiger partial charge on any atom is -0.352 e. The molecule has 1 amide bonds. The number of hydrogen-bond acceptors (Lipinski definition) is 4. The van der Waals surface area contributed by atoms with Crippen LogP contribution in [0.25, 0.3) is 0 Å². The molecule has 3 rings (SSSR count). The quantitative estimate of drug-likeness (QED) is 0.494. The van der Waals surface area contributed by atoms with Gasteiger partial charge in [0.05, 0.1) is 17.6 Å². The molecule has 0 aliphatic carbocycles. The molecule has 4 atom stereocenters. The molecule has 1 saturated heterocycles. The van der Waals surface area contributed by atoms with Gasteiger partial charge in [-0.15, -0.1) is 0 Å². The third-order valence-corrected chi connectivity index (χ3v) is 6.86. The van der Waals surface area contributed by atoms with Gasteiger partial charge in [0.2, 0.25) is 0 Å². The smallest absolute Gasteiger partial charge is 0.352 e. The lowest BCUT2D eigenvalue weighted by molar-refractivity contribution is -0.272. The highest BCUT2D eigenvalue weighted by molar-refractivity contribution is 5.95. The van der Waals surface area contributed by atoms with Crippen LogP contribution in [0.4, 0.5) is 36.4 Å². The number of amides is 1. The molecular weight excluding hydrogens is 497 g/mol. The minimum absolute atomic E-state index is 0.00270. The van der Waals surface area contributed by atoms with Crippen LogP contribution in [-0.2, 0) is 16.1 Å². The van der Waals surface area contributed by atoms with Gasteiger partial charge in [0, 0.05) is 23.9 Å². The molecule has 1 fully saturated rings. The van der Waals surface area contributed by atoms with Crippen LogP contribution in [0.3, 0.4) is 0 Å². The molecule has 6 nitrogen and oxygen atoms in total. The monoisotopic (exact) mass is 524 g/mol. The van der Waals surface area contributed by atoms with Crippen molar-refractivity contribution in [3.8, 4) is 0 Å². The van der Waals surface area contributed by atoms with Crippen molar-refractivity contribution in [2.75, 3.05) is 18.9 Å². The fourth-order valence-electron chi connectivity index (χ4n) is 4.39. The average molecular weight is 524 g/mol. The molecule has 200 valence electrons. The summed E-state index contributed by atoms with van der Waals surface area (Å²) in [5, 5.41) is 5.87. The third-order valence-electron chi connectivity index (χ3n) is 6.86. The lowest BCUT2D eigenvalue weighted by Crippen LogP contribution is -2.47. The van der Waals surface area contributed by atoms with E-state index in [1.807, 2.05) is 0 Å². The molecule has 2 heterocycles. The summed E-state index contributed by atoms with van der Waals surface area (Å²) in [5.74, 6) is -6.20. The number of carbonyl (C=O) groups excluding carboxylic acids is 1. The van der Waals surface area contributed by atoms with Crippen LogP contribution in [0.15, 0.2) is 18.3 Å².